The molecule has 1 fully saturated rings. The van der Waals surface area contributed by atoms with Gasteiger partial charge in [0.1, 0.15) is 17.8 Å². The van der Waals surface area contributed by atoms with Gasteiger partial charge in [-0.1, -0.05) is 49.9 Å². The fourth-order valence-corrected chi connectivity index (χ4v) is 4.24. The van der Waals surface area contributed by atoms with Gasteiger partial charge in [0.15, 0.2) is 0 Å². The summed E-state index contributed by atoms with van der Waals surface area (Å²) in [5, 5.41) is 2.96. The Hall–Kier alpha value is -3.35. The first-order valence-electron chi connectivity index (χ1n) is 13.3. The average molecular weight is 511 g/mol. The highest BCUT2D eigenvalue weighted by Gasteiger charge is 2.14. The normalized spacial score (nSPS) is 12.8. The zero-order valence-corrected chi connectivity index (χ0v) is 22.1. The second-order valence-electron chi connectivity index (χ2n) is 9.40. The third-order valence-electron chi connectivity index (χ3n) is 6.47. The predicted molar refractivity (Wildman–Crippen MR) is 146 cm³/mol. The van der Waals surface area contributed by atoms with Gasteiger partial charge in [0.05, 0.1) is 13.7 Å². The molecule has 3 rings (SSSR count). The zero-order chi connectivity index (χ0) is 26.7. The van der Waals surface area contributed by atoms with Crippen LogP contribution in [-0.4, -0.2) is 38.4 Å². The van der Waals surface area contributed by atoms with Gasteiger partial charge in [-0.2, -0.15) is 0 Å². The Kier molecular flexibility index (Phi) is 14.5. The Balaban J connectivity index is 0.000000402. The van der Waals surface area contributed by atoms with Gasteiger partial charge in [-0.3, -0.25) is 9.59 Å². The van der Waals surface area contributed by atoms with Crippen LogP contribution in [0.2, 0.25) is 0 Å². The molecule has 2 aromatic carbocycles. The van der Waals surface area contributed by atoms with Crippen molar-refractivity contribution in [2.24, 2.45) is 11.7 Å². The van der Waals surface area contributed by atoms with Crippen LogP contribution >= 0.6 is 0 Å². The van der Waals surface area contributed by atoms with Crippen LogP contribution in [-0.2, 0) is 27.2 Å². The van der Waals surface area contributed by atoms with Crippen LogP contribution in [0.5, 0.6) is 11.5 Å². The Labute approximate surface area is 221 Å². The third-order valence-corrected chi connectivity index (χ3v) is 6.47. The minimum absolute atomic E-state index is 0.0534. The van der Waals surface area contributed by atoms with Crippen molar-refractivity contribution >= 4 is 18.1 Å². The van der Waals surface area contributed by atoms with E-state index in [1.165, 1.54) is 31.2 Å². The van der Waals surface area contributed by atoms with Crippen molar-refractivity contribution in [3.05, 3.63) is 59.7 Å². The van der Waals surface area contributed by atoms with Gasteiger partial charge < -0.3 is 25.3 Å². The smallest absolute Gasteiger partial charge is 0.220 e. The summed E-state index contributed by atoms with van der Waals surface area (Å²) in [6, 6.07) is 15.6. The summed E-state index contributed by atoms with van der Waals surface area (Å²) in [6.07, 6.45) is 11.0. The highest BCUT2D eigenvalue weighted by Crippen LogP contribution is 2.28. The van der Waals surface area contributed by atoms with Crippen molar-refractivity contribution in [2.45, 2.75) is 70.6 Å². The van der Waals surface area contributed by atoms with E-state index < -0.39 is 0 Å². The van der Waals surface area contributed by atoms with Crippen molar-refractivity contribution in [3.63, 3.8) is 0 Å². The summed E-state index contributed by atoms with van der Waals surface area (Å²) >= 11 is 0. The van der Waals surface area contributed by atoms with Crippen LogP contribution in [0, 0.1) is 5.92 Å². The summed E-state index contributed by atoms with van der Waals surface area (Å²) in [5.41, 5.74) is 7.30. The first kappa shape index (κ1) is 29.9. The molecule has 0 radical (unpaired) electrons. The molecule has 7 nitrogen and oxygen atoms in total. The Morgan fingerprint density at radius 3 is 2.16 bits per heavy atom. The second-order valence-corrected chi connectivity index (χ2v) is 9.40. The number of ether oxygens (including phenoxy) is 2. The second kappa shape index (κ2) is 18.0. The van der Waals surface area contributed by atoms with Crippen LogP contribution in [0.4, 0.5) is 0 Å². The highest BCUT2D eigenvalue weighted by atomic mass is 16.5. The molecule has 2 amide bonds. The maximum absolute atomic E-state index is 12.0. The van der Waals surface area contributed by atoms with Gasteiger partial charge in [0.25, 0.3) is 0 Å². The number of carbonyl (C=O) groups excluding carboxylic acids is 3. The summed E-state index contributed by atoms with van der Waals surface area (Å²) in [5.74, 6) is 2.32. The maximum Gasteiger partial charge on any atom is 0.220 e. The number of aldehydes is 1. The highest BCUT2D eigenvalue weighted by molar-refractivity contribution is 5.76. The van der Waals surface area contributed by atoms with Gasteiger partial charge in [0, 0.05) is 25.8 Å². The molecule has 0 saturated heterocycles. The quantitative estimate of drug-likeness (QED) is 0.265. The number of aryl methyl sites for hydroxylation is 1. The van der Waals surface area contributed by atoms with E-state index in [1.807, 2.05) is 48.5 Å². The lowest BCUT2D eigenvalue weighted by Crippen LogP contribution is -2.25. The van der Waals surface area contributed by atoms with Crippen molar-refractivity contribution in [1.82, 2.24) is 5.32 Å². The van der Waals surface area contributed by atoms with Crippen molar-refractivity contribution in [1.29, 1.82) is 0 Å². The Morgan fingerprint density at radius 1 is 0.946 bits per heavy atom. The first-order chi connectivity index (χ1) is 18.0. The number of carbonyl (C=O) groups is 3. The van der Waals surface area contributed by atoms with E-state index in [4.69, 9.17) is 15.2 Å². The number of amides is 2. The number of benzene rings is 2. The molecule has 7 heteroatoms. The number of hydrogen-bond acceptors (Lipinski definition) is 5. The maximum atomic E-state index is 12.0. The van der Waals surface area contributed by atoms with E-state index in [-0.39, 0.29) is 11.8 Å². The number of rotatable bonds is 15. The third kappa shape index (κ3) is 13.5. The topological polar surface area (TPSA) is 108 Å². The van der Waals surface area contributed by atoms with Gasteiger partial charge in [-0.05, 0) is 67.0 Å². The molecule has 1 aliphatic rings. The summed E-state index contributed by atoms with van der Waals surface area (Å²) in [4.78, 5) is 32.6. The molecule has 0 bridgehead atoms. The molecule has 3 N–H and O–H groups in total. The van der Waals surface area contributed by atoms with Gasteiger partial charge in [-0.25, -0.2) is 0 Å². The number of primary amides is 1. The van der Waals surface area contributed by atoms with Crippen molar-refractivity contribution < 1.29 is 23.9 Å². The number of methoxy groups -OCH3 is 1. The molecular formula is C30H42N2O5. The fraction of sp³-hybridized carbons (Fsp3) is 0.500. The lowest BCUT2D eigenvalue weighted by Gasteiger charge is -2.08. The molecule has 37 heavy (non-hydrogen) atoms. The zero-order valence-electron chi connectivity index (χ0n) is 22.1. The standard InChI is InChI=1S/C22H27NO4.C8H15NO/c1-26-20-9-4-19(5-10-20)14-15-23-22(25)13-8-18-6-11-21(12-7-18)27-17-3-2-16-24;9-8(10)6-5-7-3-1-2-4-7/h4-7,9-12,16H,2-3,8,13-15,17H2,1H3,(H,23,25);7H,1-6H2,(H2,9,10). The summed E-state index contributed by atoms with van der Waals surface area (Å²) < 4.78 is 10.7. The van der Waals surface area contributed by atoms with E-state index in [0.29, 0.717) is 38.8 Å². The van der Waals surface area contributed by atoms with Crippen LogP contribution < -0.4 is 20.5 Å². The molecular weight excluding hydrogens is 468 g/mol. The predicted octanol–water partition coefficient (Wildman–Crippen LogP) is 4.79. The molecule has 0 heterocycles. The Morgan fingerprint density at radius 2 is 1.57 bits per heavy atom. The largest absolute Gasteiger partial charge is 0.497 e. The first-order valence-corrected chi connectivity index (χ1v) is 13.3. The number of nitrogens with one attached hydrogen (secondary N) is 1. The molecule has 0 atom stereocenters. The van der Waals surface area contributed by atoms with E-state index in [9.17, 15) is 14.4 Å². The lowest BCUT2D eigenvalue weighted by atomic mass is 10.0. The summed E-state index contributed by atoms with van der Waals surface area (Å²) in [6.45, 7) is 1.16. The molecule has 0 aliphatic heterocycles. The van der Waals surface area contributed by atoms with Crippen LogP contribution in [0.25, 0.3) is 0 Å². The minimum atomic E-state index is -0.146. The van der Waals surface area contributed by atoms with Crippen LogP contribution in [0.1, 0.15) is 68.9 Å². The number of unbranched alkanes of at least 4 members (excludes halogenated alkanes) is 1. The molecule has 0 aromatic heterocycles. The van der Waals surface area contributed by atoms with Crippen LogP contribution in [0.3, 0.4) is 0 Å². The molecule has 202 valence electrons. The molecule has 0 unspecified atom stereocenters. The van der Waals surface area contributed by atoms with Crippen LogP contribution in [0.15, 0.2) is 48.5 Å². The van der Waals surface area contributed by atoms with Crippen molar-refractivity contribution in [2.75, 3.05) is 20.3 Å². The van der Waals surface area contributed by atoms with E-state index in [1.54, 1.807) is 7.11 Å². The molecule has 0 spiro atoms. The minimum Gasteiger partial charge on any atom is -0.497 e. The monoisotopic (exact) mass is 510 g/mol. The van der Waals surface area contributed by atoms with E-state index in [2.05, 4.69) is 5.32 Å². The van der Waals surface area contributed by atoms with Gasteiger partial charge in [0.2, 0.25) is 11.8 Å². The number of hydrogen-bond donors (Lipinski definition) is 2. The average Bonchev–Trinajstić information content (AvgIpc) is 3.44. The molecule has 1 aliphatic carbocycles. The molecule has 2 aromatic rings. The Bertz CT molecular complexity index is 922. The lowest BCUT2D eigenvalue weighted by molar-refractivity contribution is -0.121. The van der Waals surface area contributed by atoms with Gasteiger partial charge in [-0.15, -0.1) is 0 Å². The summed E-state index contributed by atoms with van der Waals surface area (Å²) in [7, 11) is 1.64. The SMILES string of the molecule is COc1ccc(CCNC(=O)CCc2ccc(OCCCC=O)cc2)cc1.NC(=O)CCC1CCCC1. The number of nitrogens with two attached hydrogens (primary N) is 1. The van der Waals surface area contributed by atoms with E-state index >= 15 is 0 Å². The van der Waals surface area contributed by atoms with E-state index in [0.717, 1.165) is 48.5 Å². The van der Waals surface area contributed by atoms with Gasteiger partial charge >= 0.3 is 0 Å². The fourth-order valence-electron chi connectivity index (χ4n) is 4.24. The molecule has 1 saturated carbocycles. The van der Waals surface area contributed by atoms with Crippen molar-refractivity contribution in [3.8, 4) is 11.5 Å².